The molecule has 0 aliphatic carbocycles. The zero-order valence-corrected chi connectivity index (χ0v) is 9.95. The van der Waals surface area contributed by atoms with E-state index in [4.69, 9.17) is 4.74 Å². The second-order valence-corrected chi connectivity index (χ2v) is 3.86. The van der Waals surface area contributed by atoms with E-state index < -0.39 is 0 Å². The van der Waals surface area contributed by atoms with Crippen molar-refractivity contribution in [2.45, 2.75) is 26.7 Å². The largest absolute Gasteiger partial charge is 0.496 e. The lowest BCUT2D eigenvalue weighted by molar-refractivity contribution is 0.418. The number of nitrogens with zero attached hydrogens (tertiary/aromatic N) is 2. The van der Waals surface area contributed by atoms with Gasteiger partial charge < -0.3 is 4.74 Å². The summed E-state index contributed by atoms with van der Waals surface area (Å²) in [6.07, 6.45) is 3.85. The summed E-state index contributed by atoms with van der Waals surface area (Å²) in [6, 6.07) is 3.97. The number of hydrogen-bond acceptors (Lipinski definition) is 3. The van der Waals surface area contributed by atoms with Gasteiger partial charge in [-0.05, 0) is 19.4 Å². The fourth-order valence-electron chi connectivity index (χ4n) is 1.86. The molecule has 2 rings (SSSR count). The molecule has 3 nitrogen and oxygen atoms in total. The van der Waals surface area contributed by atoms with Crippen molar-refractivity contribution in [3.8, 4) is 5.75 Å². The van der Waals surface area contributed by atoms with E-state index in [-0.39, 0.29) is 0 Å². The number of ether oxygens (including phenoxy) is 1. The first kappa shape index (κ1) is 10.9. The Hall–Kier alpha value is -1.64. The lowest BCUT2D eigenvalue weighted by Crippen LogP contribution is -1.96. The van der Waals surface area contributed by atoms with Gasteiger partial charge in [-0.25, -0.2) is 0 Å². The number of rotatable bonds is 3. The molecule has 2 aromatic heterocycles. The first-order chi connectivity index (χ1) is 7.76. The molecule has 0 aliphatic heterocycles. The molecule has 16 heavy (non-hydrogen) atoms. The molecule has 0 bridgehead atoms. The molecule has 0 saturated carbocycles. The van der Waals surface area contributed by atoms with Crippen LogP contribution in [0.1, 0.15) is 24.7 Å². The third-order valence-corrected chi connectivity index (χ3v) is 2.65. The fourth-order valence-corrected chi connectivity index (χ4v) is 1.86. The number of fused-ring (bicyclic) bond motifs is 1. The van der Waals surface area contributed by atoms with Gasteiger partial charge in [0.25, 0.3) is 0 Å². The van der Waals surface area contributed by atoms with Gasteiger partial charge in [0.1, 0.15) is 5.75 Å². The lowest BCUT2D eigenvalue weighted by Gasteiger charge is -2.09. The minimum absolute atomic E-state index is 0.888. The monoisotopic (exact) mass is 216 g/mol. The van der Waals surface area contributed by atoms with Gasteiger partial charge in [0, 0.05) is 23.3 Å². The standard InChI is InChI=1S/C13H16N2O/c1-4-5-10-8-12(16-3)11-6-7-14-9(2)13(11)15-10/h6-8H,4-5H2,1-3H3. The molecule has 0 N–H and O–H groups in total. The Morgan fingerprint density at radius 1 is 1.38 bits per heavy atom. The Morgan fingerprint density at radius 3 is 2.88 bits per heavy atom. The average Bonchev–Trinajstić information content (AvgIpc) is 2.30. The van der Waals surface area contributed by atoms with E-state index in [1.54, 1.807) is 13.3 Å². The van der Waals surface area contributed by atoms with E-state index >= 15 is 0 Å². The summed E-state index contributed by atoms with van der Waals surface area (Å²) in [5.41, 5.74) is 2.97. The summed E-state index contributed by atoms with van der Waals surface area (Å²) in [5.74, 6) is 0.888. The fraction of sp³-hybridized carbons (Fsp3) is 0.385. The van der Waals surface area contributed by atoms with E-state index in [1.165, 1.54) is 0 Å². The number of aryl methyl sites for hydroxylation is 2. The van der Waals surface area contributed by atoms with Gasteiger partial charge in [-0.15, -0.1) is 0 Å². The van der Waals surface area contributed by atoms with E-state index in [0.717, 1.165) is 40.9 Å². The van der Waals surface area contributed by atoms with E-state index in [0.29, 0.717) is 0 Å². The molecule has 0 spiro atoms. The quantitative estimate of drug-likeness (QED) is 0.791. The van der Waals surface area contributed by atoms with Gasteiger partial charge in [-0.2, -0.15) is 0 Å². The number of aromatic nitrogens is 2. The number of hydrogen-bond donors (Lipinski definition) is 0. The Labute approximate surface area is 95.5 Å². The predicted molar refractivity (Wildman–Crippen MR) is 64.8 cm³/mol. The SMILES string of the molecule is CCCc1cc(OC)c2ccnc(C)c2n1. The lowest BCUT2D eigenvalue weighted by atomic mass is 10.1. The smallest absolute Gasteiger partial charge is 0.130 e. The highest BCUT2D eigenvalue weighted by Gasteiger charge is 2.07. The summed E-state index contributed by atoms with van der Waals surface area (Å²) in [5, 5.41) is 1.04. The van der Waals surface area contributed by atoms with Crippen molar-refractivity contribution in [1.29, 1.82) is 0 Å². The molecule has 0 aliphatic rings. The molecule has 2 heterocycles. The van der Waals surface area contributed by atoms with Gasteiger partial charge >= 0.3 is 0 Å². The van der Waals surface area contributed by atoms with Crippen LogP contribution < -0.4 is 4.74 Å². The topological polar surface area (TPSA) is 35.0 Å². The molecule has 0 fully saturated rings. The molecule has 0 atom stereocenters. The number of pyridine rings is 2. The van der Waals surface area contributed by atoms with Crippen LogP contribution >= 0.6 is 0 Å². The van der Waals surface area contributed by atoms with Gasteiger partial charge in [0.2, 0.25) is 0 Å². The van der Waals surface area contributed by atoms with Crippen LogP contribution in [0.5, 0.6) is 5.75 Å². The van der Waals surface area contributed by atoms with Crippen molar-refractivity contribution in [2.24, 2.45) is 0 Å². The second-order valence-electron chi connectivity index (χ2n) is 3.86. The molecule has 0 radical (unpaired) electrons. The van der Waals surface area contributed by atoms with Gasteiger partial charge in [0.15, 0.2) is 0 Å². The van der Waals surface area contributed by atoms with Gasteiger partial charge in [-0.3, -0.25) is 9.97 Å². The van der Waals surface area contributed by atoms with Crippen LogP contribution in [-0.4, -0.2) is 17.1 Å². The van der Waals surface area contributed by atoms with Gasteiger partial charge in [0.05, 0.1) is 18.3 Å². The van der Waals surface area contributed by atoms with Crippen LogP contribution in [0.15, 0.2) is 18.3 Å². The summed E-state index contributed by atoms with van der Waals surface area (Å²) in [4.78, 5) is 8.90. The maximum Gasteiger partial charge on any atom is 0.130 e. The first-order valence-corrected chi connectivity index (χ1v) is 5.55. The first-order valence-electron chi connectivity index (χ1n) is 5.55. The molecular formula is C13H16N2O. The molecule has 0 amide bonds. The Kier molecular flexibility index (Phi) is 3.04. The molecule has 2 aromatic rings. The molecule has 3 heteroatoms. The van der Waals surface area contributed by atoms with E-state index in [9.17, 15) is 0 Å². The van der Waals surface area contributed by atoms with Crippen LogP contribution in [0.25, 0.3) is 10.9 Å². The minimum atomic E-state index is 0.888. The van der Waals surface area contributed by atoms with E-state index in [2.05, 4.69) is 16.9 Å². The summed E-state index contributed by atoms with van der Waals surface area (Å²) < 4.78 is 5.40. The van der Waals surface area contributed by atoms with Crippen molar-refractivity contribution in [3.63, 3.8) is 0 Å². The summed E-state index contributed by atoms with van der Waals surface area (Å²) in [6.45, 7) is 4.12. The highest BCUT2D eigenvalue weighted by molar-refractivity contribution is 5.86. The van der Waals surface area contributed by atoms with E-state index in [1.807, 2.05) is 19.1 Å². The highest BCUT2D eigenvalue weighted by atomic mass is 16.5. The zero-order chi connectivity index (χ0) is 11.5. The summed E-state index contributed by atoms with van der Waals surface area (Å²) >= 11 is 0. The van der Waals surface area contributed by atoms with Crippen LogP contribution in [-0.2, 0) is 6.42 Å². The Morgan fingerprint density at radius 2 is 2.19 bits per heavy atom. The zero-order valence-electron chi connectivity index (χ0n) is 9.95. The maximum absolute atomic E-state index is 5.40. The second kappa shape index (κ2) is 4.47. The molecule has 0 saturated heterocycles. The normalized spacial score (nSPS) is 10.7. The van der Waals surface area contributed by atoms with Crippen molar-refractivity contribution < 1.29 is 4.74 Å². The van der Waals surface area contributed by atoms with Crippen LogP contribution in [0, 0.1) is 6.92 Å². The Balaban J connectivity index is 2.69. The van der Waals surface area contributed by atoms with Crippen LogP contribution in [0.3, 0.4) is 0 Å². The highest BCUT2D eigenvalue weighted by Crippen LogP contribution is 2.26. The van der Waals surface area contributed by atoms with Crippen LogP contribution in [0.2, 0.25) is 0 Å². The summed E-state index contributed by atoms with van der Waals surface area (Å²) in [7, 11) is 1.69. The van der Waals surface area contributed by atoms with Crippen molar-refractivity contribution in [1.82, 2.24) is 9.97 Å². The molecule has 0 aromatic carbocycles. The predicted octanol–water partition coefficient (Wildman–Crippen LogP) is 2.90. The van der Waals surface area contributed by atoms with Crippen LogP contribution in [0.4, 0.5) is 0 Å². The van der Waals surface area contributed by atoms with Gasteiger partial charge in [-0.1, -0.05) is 13.3 Å². The average molecular weight is 216 g/mol. The third-order valence-electron chi connectivity index (χ3n) is 2.65. The third kappa shape index (κ3) is 1.85. The van der Waals surface area contributed by atoms with Crippen molar-refractivity contribution >= 4 is 10.9 Å². The maximum atomic E-state index is 5.40. The molecule has 0 unspecified atom stereocenters. The Bertz CT molecular complexity index is 509. The minimum Gasteiger partial charge on any atom is -0.496 e. The number of methoxy groups -OCH3 is 1. The van der Waals surface area contributed by atoms with Crippen molar-refractivity contribution in [2.75, 3.05) is 7.11 Å². The van der Waals surface area contributed by atoms with Crippen molar-refractivity contribution in [3.05, 3.63) is 29.7 Å². The molecule has 84 valence electrons. The molecular weight excluding hydrogens is 200 g/mol.